The van der Waals surface area contributed by atoms with Crippen LogP contribution < -0.4 is 10.1 Å². The molecule has 0 spiro atoms. The fourth-order valence-corrected chi connectivity index (χ4v) is 2.39. The molecule has 0 fully saturated rings. The summed E-state index contributed by atoms with van der Waals surface area (Å²) in [6, 6.07) is 8.79. The standard InChI is InChI=1S/C14H13NO4S/c1-9-3-2-4-10(7-9)19-8-12(16)15-13-11(14(17)18)5-6-20-13/h2-7H,8H2,1H3,(H,15,16)(H,17,18). The maximum Gasteiger partial charge on any atom is 0.338 e. The predicted molar refractivity (Wildman–Crippen MR) is 76.6 cm³/mol. The summed E-state index contributed by atoms with van der Waals surface area (Å²) in [6.45, 7) is 1.76. The summed E-state index contributed by atoms with van der Waals surface area (Å²) in [6.07, 6.45) is 0. The highest BCUT2D eigenvalue weighted by Gasteiger charge is 2.14. The summed E-state index contributed by atoms with van der Waals surface area (Å²) in [4.78, 5) is 22.6. The topological polar surface area (TPSA) is 75.6 Å². The summed E-state index contributed by atoms with van der Waals surface area (Å²) in [5.74, 6) is -0.859. The number of nitrogens with one attached hydrogen (secondary N) is 1. The molecule has 1 heterocycles. The van der Waals surface area contributed by atoms with Gasteiger partial charge in [0.25, 0.3) is 5.91 Å². The van der Waals surface area contributed by atoms with Gasteiger partial charge in [0.05, 0.1) is 5.56 Å². The van der Waals surface area contributed by atoms with Gasteiger partial charge in [-0.3, -0.25) is 4.79 Å². The Balaban J connectivity index is 1.93. The molecule has 0 radical (unpaired) electrons. The first-order valence-corrected chi connectivity index (χ1v) is 6.74. The van der Waals surface area contributed by atoms with Gasteiger partial charge in [0.15, 0.2) is 6.61 Å². The predicted octanol–water partition coefficient (Wildman–Crippen LogP) is 2.77. The molecule has 0 atom stereocenters. The van der Waals surface area contributed by atoms with Gasteiger partial charge in [-0.05, 0) is 36.1 Å². The third-order valence-corrected chi connectivity index (χ3v) is 3.34. The normalized spacial score (nSPS) is 10.1. The number of carbonyl (C=O) groups excluding carboxylic acids is 1. The van der Waals surface area contributed by atoms with Crippen molar-refractivity contribution in [1.29, 1.82) is 0 Å². The molecular formula is C14H13NO4S. The Bertz CT molecular complexity index is 636. The number of carbonyl (C=O) groups is 2. The van der Waals surface area contributed by atoms with Crippen LogP contribution in [0.15, 0.2) is 35.7 Å². The van der Waals surface area contributed by atoms with Crippen molar-refractivity contribution in [2.45, 2.75) is 6.92 Å². The molecule has 0 bridgehead atoms. The second kappa shape index (κ2) is 6.21. The summed E-state index contributed by atoms with van der Waals surface area (Å²) in [7, 11) is 0. The Labute approximate surface area is 119 Å². The van der Waals surface area contributed by atoms with Crippen LogP contribution in [-0.4, -0.2) is 23.6 Å². The SMILES string of the molecule is Cc1cccc(OCC(=O)Nc2sccc2C(=O)O)c1. The van der Waals surface area contributed by atoms with E-state index in [2.05, 4.69) is 5.32 Å². The minimum atomic E-state index is -1.07. The van der Waals surface area contributed by atoms with Crippen LogP contribution in [-0.2, 0) is 4.79 Å². The average Bonchev–Trinajstić information content (AvgIpc) is 2.85. The third kappa shape index (κ3) is 3.58. The molecule has 0 saturated carbocycles. The molecule has 0 unspecified atom stereocenters. The summed E-state index contributed by atoms with van der Waals surface area (Å²) < 4.78 is 5.34. The van der Waals surface area contributed by atoms with E-state index < -0.39 is 11.9 Å². The van der Waals surface area contributed by atoms with Crippen LogP contribution in [0.1, 0.15) is 15.9 Å². The highest BCUT2D eigenvalue weighted by molar-refractivity contribution is 7.14. The van der Waals surface area contributed by atoms with Crippen LogP contribution in [0.4, 0.5) is 5.00 Å². The lowest BCUT2D eigenvalue weighted by atomic mass is 10.2. The lowest BCUT2D eigenvalue weighted by Crippen LogP contribution is -2.20. The molecule has 104 valence electrons. The highest BCUT2D eigenvalue weighted by Crippen LogP contribution is 2.23. The minimum Gasteiger partial charge on any atom is -0.484 e. The van der Waals surface area contributed by atoms with Crippen LogP contribution in [0.2, 0.25) is 0 Å². The molecule has 0 aliphatic rings. The molecule has 0 aliphatic heterocycles. The zero-order valence-corrected chi connectivity index (χ0v) is 11.6. The van der Waals surface area contributed by atoms with Gasteiger partial charge in [-0.1, -0.05) is 12.1 Å². The first kappa shape index (κ1) is 14.1. The Morgan fingerprint density at radius 1 is 1.35 bits per heavy atom. The van der Waals surface area contributed by atoms with E-state index in [0.29, 0.717) is 10.8 Å². The number of hydrogen-bond acceptors (Lipinski definition) is 4. The van der Waals surface area contributed by atoms with E-state index in [4.69, 9.17) is 9.84 Å². The van der Waals surface area contributed by atoms with Crippen molar-refractivity contribution >= 4 is 28.2 Å². The number of carboxylic acid groups (broad SMARTS) is 1. The average molecular weight is 291 g/mol. The van der Waals surface area contributed by atoms with E-state index in [-0.39, 0.29) is 12.2 Å². The first-order valence-electron chi connectivity index (χ1n) is 5.86. The molecule has 1 aromatic carbocycles. The van der Waals surface area contributed by atoms with Crippen LogP contribution >= 0.6 is 11.3 Å². The molecule has 6 heteroatoms. The number of rotatable bonds is 5. The maximum absolute atomic E-state index is 11.7. The number of ether oxygens (including phenoxy) is 1. The molecule has 2 aromatic rings. The van der Waals surface area contributed by atoms with Gasteiger partial charge in [-0.25, -0.2) is 4.79 Å². The smallest absolute Gasteiger partial charge is 0.338 e. The van der Waals surface area contributed by atoms with Gasteiger partial charge in [-0.2, -0.15) is 0 Å². The van der Waals surface area contributed by atoms with E-state index in [1.807, 2.05) is 25.1 Å². The van der Waals surface area contributed by atoms with Crippen LogP contribution in [0.3, 0.4) is 0 Å². The fourth-order valence-electron chi connectivity index (χ4n) is 1.59. The van der Waals surface area contributed by atoms with Crippen molar-refractivity contribution in [3.63, 3.8) is 0 Å². The van der Waals surface area contributed by atoms with Gasteiger partial charge in [0.2, 0.25) is 0 Å². The Hall–Kier alpha value is -2.34. The zero-order valence-electron chi connectivity index (χ0n) is 10.8. The number of aromatic carboxylic acids is 1. The summed E-state index contributed by atoms with van der Waals surface area (Å²) >= 11 is 1.16. The molecule has 2 rings (SSSR count). The van der Waals surface area contributed by atoms with Crippen molar-refractivity contribution in [1.82, 2.24) is 0 Å². The molecule has 0 saturated heterocycles. The van der Waals surface area contributed by atoms with Crippen molar-refractivity contribution in [2.75, 3.05) is 11.9 Å². The lowest BCUT2D eigenvalue weighted by molar-refractivity contribution is -0.118. The van der Waals surface area contributed by atoms with E-state index >= 15 is 0 Å². The second-order valence-electron chi connectivity index (χ2n) is 4.12. The molecule has 1 amide bonds. The minimum absolute atomic E-state index is 0.0823. The number of amides is 1. The number of hydrogen-bond donors (Lipinski definition) is 2. The van der Waals surface area contributed by atoms with Gasteiger partial charge < -0.3 is 15.2 Å². The van der Waals surface area contributed by atoms with Gasteiger partial charge >= 0.3 is 5.97 Å². The van der Waals surface area contributed by atoms with Crippen molar-refractivity contribution in [3.05, 3.63) is 46.8 Å². The maximum atomic E-state index is 11.7. The Morgan fingerprint density at radius 2 is 2.15 bits per heavy atom. The number of thiophene rings is 1. The van der Waals surface area contributed by atoms with Crippen LogP contribution in [0.25, 0.3) is 0 Å². The van der Waals surface area contributed by atoms with Crippen molar-refractivity contribution in [2.24, 2.45) is 0 Å². The fraction of sp³-hybridized carbons (Fsp3) is 0.143. The Kier molecular flexibility index (Phi) is 4.37. The molecular weight excluding hydrogens is 278 g/mol. The molecule has 2 N–H and O–H groups in total. The monoisotopic (exact) mass is 291 g/mol. The van der Waals surface area contributed by atoms with Crippen LogP contribution in [0, 0.1) is 6.92 Å². The van der Waals surface area contributed by atoms with E-state index in [1.165, 1.54) is 6.07 Å². The first-order chi connectivity index (χ1) is 9.56. The largest absolute Gasteiger partial charge is 0.484 e. The van der Waals surface area contributed by atoms with E-state index in [1.54, 1.807) is 11.4 Å². The van der Waals surface area contributed by atoms with E-state index in [9.17, 15) is 9.59 Å². The molecule has 0 aliphatic carbocycles. The lowest BCUT2D eigenvalue weighted by Gasteiger charge is -2.07. The highest BCUT2D eigenvalue weighted by atomic mass is 32.1. The second-order valence-corrected chi connectivity index (χ2v) is 5.04. The number of anilines is 1. The van der Waals surface area contributed by atoms with Gasteiger partial charge in [0, 0.05) is 0 Å². The summed E-state index contributed by atoms with van der Waals surface area (Å²) in [5.41, 5.74) is 1.12. The molecule has 5 nitrogen and oxygen atoms in total. The number of aryl methyl sites for hydroxylation is 1. The summed E-state index contributed by atoms with van der Waals surface area (Å²) in [5, 5.41) is 13.4. The zero-order chi connectivity index (χ0) is 14.5. The van der Waals surface area contributed by atoms with Crippen LogP contribution in [0.5, 0.6) is 5.75 Å². The number of carboxylic acids is 1. The molecule has 20 heavy (non-hydrogen) atoms. The van der Waals surface area contributed by atoms with Crippen molar-refractivity contribution < 1.29 is 19.4 Å². The number of benzene rings is 1. The van der Waals surface area contributed by atoms with Gasteiger partial charge in [-0.15, -0.1) is 11.3 Å². The van der Waals surface area contributed by atoms with Gasteiger partial charge in [0.1, 0.15) is 10.8 Å². The quantitative estimate of drug-likeness (QED) is 0.888. The Morgan fingerprint density at radius 3 is 2.85 bits per heavy atom. The molecule has 1 aromatic heterocycles. The third-order valence-electron chi connectivity index (χ3n) is 2.51. The van der Waals surface area contributed by atoms with Crippen molar-refractivity contribution in [3.8, 4) is 5.75 Å². The van der Waals surface area contributed by atoms with E-state index in [0.717, 1.165) is 16.9 Å².